The molecule has 0 bridgehead atoms. The van der Waals surface area contributed by atoms with E-state index in [9.17, 15) is 18.6 Å². The molecular formula is C34H50O5S. The van der Waals surface area contributed by atoms with Gasteiger partial charge < -0.3 is 14.9 Å². The van der Waals surface area contributed by atoms with Gasteiger partial charge in [0.05, 0.1) is 28.0 Å². The Hall–Kier alpha value is -1.47. The Morgan fingerprint density at radius 2 is 1.88 bits per heavy atom. The lowest BCUT2D eigenvalue weighted by atomic mass is 9.60. The SMILES string of the molecule is C=C1CC[C@@H]2C[C@]12[C@H](/C=C1\CCC[C@]2(C)[C@@H]([C@H](C)[C@@H](C[C@@H](O)C(C)(C)O)S(=O)(=O)c3ccccc3)CC[C@@H]12)OC. The highest BCUT2D eigenvalue weighted by atomic mass is 32.2. The van der Waals surface area contributed by atoms with Crippen molar-refractivity contribution in [1.29, 1.82) is 0 Å². The largest absolute Gasteiger partial charge is 0.390 e. The topological polar surface area (TPSA) is 83.8 Å². The van der Waals surface area contributed by atoms with Crippen LogP contribution in [0.2, 0.25) is 0 Å². The van der Waals surface area contributed by atoms with Gasteiger partial charge >= 0.3 is 0 Å². The number of ether oxygens (including phenoxy) is 1. The number of allylic oxidation sites excluding steroid dienone is 1. The van der Waals surface area contributed by atoms with E-state index in [0.717, 1.165) is 38.5 Å². The number of hydrogen-bond acceptors (Lipinski definition) is 5. The van der Waals surface area contributed by atoms with Crippen molar-refractivity contribution in [2.75, 3.05) is 7.11 Å². The minimum absolute atomic E-state index is 0.0135. The summed E-state index contributed by atoms with van der Waals surface area (Å²) in [7, 11) is -1.89. The second kappa shape index (κ2) is 10.7. The van der Waals surface area contributed by atoms with Gasteiger partial charge in [0.1, 0.15) is 0 Å². The highest BCUT2D eigenvalue weighted by Gasteiger charge is 2.63. The standard InChI is InChI=1S/C34H50O5S/c1-22-14-15-25-21-34(22,25)31(39-6)19-24-11-10-18-33(5)27(16-17-28(24)33)23(2)29(20-30(35)32(3,4)36)40(37,38)26-12-8-7-9-13-26/h7-9,12-13,19,23,25,27-31,35-36H,1,10-11,14-18,20-21H2,2-6H3/b24-19+/t23-,25+,27+,28-,29+,30+,31-,33+,34-/m0/s1. The second-order valence-corrected chi connectivity index (χ2v) is 16.4. The summed E-state index contributed by atoms with van der Waals surface area (Å²) in [4.78, 5) is 0.289. The minimum atomic E-state index is -3.73. The van der Waals surface area contributed by atoms with E-state index in [1.54, 1.807) is 38.1 Å². The van der Waals surface area contributed by atoms with E-state index in [-0.39, 0.29) is 40.1 Å². The van der Waals surface area contributed by atoms with E-state index in [4.69, 9.17) is 4.74 Å². The molecule has 0 heterocycles. The third kappa shape index (κ3) is 4.95. The van der Waals surface area contributed by atoms with E-state index in [0.29, 0.717) is 11.8 Å². The van der Waals surface area contributed by atoms with E-state index in [1.807, 2.05) is 13.2 Å². The van der Waals surface area contributed by atoms with Gasteiger partial charge in [-0.2, -0.15) is 0 Å². The summed E-state index contributed by atoms with van der Waals surface area (Å²) in [6.07, 6.45) is 10.2. The van der Waals surface area contributed by atoms with E-state index in [1.165, 1.54) is 24.0 Å². The Morgan fingerprint density at radius 3 is 2.45 bits per heavy atom. The molecule has 6 heteroatoms. The van der Waals surface area contributed by atoms with Crippen LogP contribution in [0.5, 0.6) is 0 Å². The molecule has 0 aliphatic heterocycles. The van der Waals surface area contributed by atoms with E-state index in [2.05, 4.69) is 26.5 Å². The molecule has 9 atom stereocenters. The third-order valence-electron chi connectivity index (χ3n) is 11.7. The van der Waals surface area contributed by atoms with E-state index < -0.39 is 26.8 Å². The number of methoxy groups -OCH3 is 1. The first kappa shape index (κ1) is 30.0. The van der Waals surface area contributed by atoms with Gasteiger partial charge in [0.15, 0.2) is 9.84 Å². The van der Waals surface area contributed by atoms with Crippen molar-refractivity contribution in [2.24, 2.45) is 34.5 Å². The first-order valence-corrected chi connectivity index (χ1v) is 16.9. The van der Waals surface area contributed by atoms with Crippen LogP contribution < -0.4 is 0 Å². The number of aliphatic hydroxyl groups excluding tert-OH is 1. The van der Waals surface area contributed by atoms with Crippen molar-refractivity contribution in [3.8, 4) is 0 Å². The average molecular weight is 571 g/mol. The van der Waals surface area contributed by atoms with Gasteiger partial charge in [-0.3, -0.25) is 0 Å². The van der Waals surface area contributed by atoms with Crippen molar-refractivity contribution in [3.05, 3.63) is 54.1 Å². The maximum absolute atomic E-state index is 14.1. The Labute approximate surface area is 242 Å². The lowest BCUT2D eigenvalue weighted by molar-refractivity contribution is -0.0547. The number of benzene rings is 1. The number of rotatable bonds is 10. The molecule has 0 unspecified atom stereocenters. The van der Waals surface area contributed by atoms with Gasteiger partial charge in [0.25, 0.3) is 0 Å². The predicted octanol–water partition coefficient (Wildman–Crippen LogP) is 6.50. The van der Waals surface area contributed by atoms with Crippen LogP contribution in [-0.4, -0.2) is 48.8 Å². The highest BCUT2D eigenvalue weighted by Crippen LogP contribution is 2.69. The molecular weight excluding hydrogens is 520 g/mol. The molecule has 0 amide bonds. The summed E-state index contributed by atoms with van der Waals surface area (Å²) >= 11 is 0. The van der Waals surface area contributed by atoms with E-state index >= 15 is 0 Å². The van der Waals surface area contributed by atoms with Crippen LogP contribution in [0.25, 0.3) is 0 Å². The van der Waals surface area contributed by atoms with Gasteiger partial charge in [-0.15, -0.1) is 0 Å². The number of hydrogen-bond donors (Lipinski definition) is 2. The fourth-order valence-corrected chi connectivity index (χ4v) is 11.3. The molecule has 0 spiro atoms. The molecule has 4 aliphatic rings. The molecule has 4 fully saturated rings. The summed E-state index contributed by atoms with van der Waals surface area (Å²) in [5, 5.41) is 20.7. The van der Waals surface area contributed by atoms with Crippen LogP contribution in [0.4, 0.5) is 0 Å². The van der Waals surface area contributed by atoms with Crippen LogP contribution in [0, 0.1) is 34.5 Å². The molecule has 40 heavy (non-hydrogen) atoms. The Balaban J connectivity index is 1.45. The van der Waals surface area contributed by atoms with Gasteiger partial charge in [-0.1, -0.05) is 55.8 Å². The van der Waals surface area contributed by atoms with Gasteiger partial charge in [-0.05, 0) is 113 Å². The minimum Gasteiger partial charge on any atom is -0.390 e. The molecule has 1 aromatic rings. The first-order chi connectivity index (χ1) is 18.8. The molecule has 0 saturated heterocycles. The van der Waals surface area contributed by atoms with Gasteiger partial charge in [-0.25, -0.2) is 8.42 Å². The fraction of sp³-hybridized carbons (Fsp3) is 0.706. The summed E-state index contributed by atoms with van der Waals surface area (Å²) in [6, 6.07) is 8.62. The summed E-state index contributed by atoms with van der Waals surface area (Å²) in [6.45, 7) is 12.0. The molecule has 0 radical (unpaired) electrons. The fourth-order valence-electron chi connectivity index (χ4n) is 9.21. The zero-order valence-electron chi connectivity index (χ0n) is 25.1. The average Bonchev–Trinajstić information content (AvgIpc) is 3.41. The Bertz CT molecular complexity index is 1230. The Morgan fingerprint density at radius 1 is 1.18 bits per heavy atom. The van der Waals surface area contributed by atoms with Crippen LogP contribution in [0.1, 0.15) is 85.5 Å². The first-order valence-electron chi connectivity index (χ1n) is 15.4. The molecule has 2 N–H and O–H groups in total. The van der Waals surface area contributed by atoms with Crippen molar-refractivity contribution in [1.82, 2.24) is 0 Å². The number of sulfone groups is 1. The normalized spacial score (nSPS) is 36.1. The highest BCUT2D eigenvalue weighted by molar-refractivity contribution is 7.92. The quantitative estimate of drug-likeness (QED) is 0.314. The molecule has 5 rings (SSSR count). The zero-order chi connectivity index (χ0) is 29.1. The number of aliphatic hydroxyl groups is 2. The lowest BCUT2D eigenvalue weighted by Gasteiger charge is -2.46. The summed E-state index contributed by atoms with van der Waals surface area (Å²) in [5.74, 6) is 1.15. The van der Waals surface area contributed by atoms with Crippen molar-refractivity contribution < 1.29 is 23.4 Å². The second-order valence-electron chi connectivity index (χ2n) is 14.2. The lowest BCUT2D eigenvalue weighted by Crippen LogP contribution is -2.46. The van der Waals surface area contributed by atoms with Crippen molar-refractivity contribution in [3.63, 3.8) is 0 Å². The van der Waals surface area contributed by atoms with Crippen molar-refractivity contribution in [2.45, 2.75) is 113 Å². The Kier molecular flexibility index (Phi) is 8.00. The van der Waals surface area contributed by atoms with Gasteiger partial charge in [0, 0.05) is 12.5 Å². The van der Waals surface area contributed by atoms with Crippen molar-refractivity contribution >= 4 is 9.84 Å². The maximum atomic E-state index is 14.1. The van der Waals surface area contributed by atoms with Crippen LogP contribution in [-0.2, 0) is 14.6 Å². The third-order valence-corrected chi connectivity index (χ3v) is 14.1. The molecule has 0 aromatic heterocycles. The van der Waals surface area contributed by atoms with Gasteiger partial charge in [0.2, 0.25) is 0 Å². The zero-order valence-corrected chi connectivity index (χ0v) is 25.9. The smallest absolute Gasteiger partial charge is 0.181 e. The molecule has 4 saturated carbocycles. The number of fused-ring (bicyclic) bond motifs is 2. The molecule has 222 valence electrons. The molecule has 5 nitrogen and oxygen atoms in total. The van der Waals surface area contributed by atoms with Crippen LogP contribution in [0.15, 0.2) is 59.0 Å². The van der Waals surface area contributed by atoms with Crippen LogP contribution in [0.3, 0.4) is 0 Å². The molecule has 1 aromatic carbocycles. The predicted molar refractivity (Wildman–Crippen MR) is 159 cm³/mol. The maximum Gasteiger partial charge on any atom is 0.181 e. The van der Waals surface area contributed by atoms with Crippen LogP contribution >= 0.6 is 0 Å². The monoisotopic (exact) mass is 570 g/mol. The summed E-state index contributed by atoms with van der Waals surface area (Å²) < 4.78 is 34.3. The molecule has 4 aliphatic carbocycles. The summed E-state index contributed by atoms with van der Waals surface area (Å²) in [5.41, 5.74) is 1.58.